The van der Waals surface area contributed by atoms with Crippen molar-refractivity contribution in [2.45, 2.75) is 37.6 Å². The van der Waals surface area contributed by atoms with Crippen LogP contribution in [0.1, 0.15) is 31.2 Å². The highest BCUT2D eigenvalue weighted by Crippen LogP contribution is 2.35. The predicted octanol–water partition coefficient (Wildman–Crippen LogP) is 3.02. The van der Waals surface area contributed by atoms with Gasteiger partial charge in [-0.3, -0.25) is 0 Å². The van der Waals surface area contributed by atoms with Gasteiger partial charge in [0.25, 0.3) is 5.92 Å². The van der Waals surface area contributed by atoms with E-state index in [4.69, 9.17) is 5.11 Å². The Morgan fingerprint density at radius 3 is 2.53 bits per heavy atom. The molecular weight excluding hydrogens is 224 g/mol. The number of aromatic hydroxyl groups is 1. The number of hydrogen-bond donors (Lipinski definition) is 2. The summed E-state index contributed by atoms with van der Waals surface area (Å²) in [5.74, 6) is -2.86. The minimum Gasteiger partial charge on any atom is -0.508 e. The molecule has 2 rings (SSSR count). The molecule has 0 radical (unpaired) electrons. The first-order valence-electron chi connectivity index (χ1n) is 6.01. The summed E-state index contributed by atoms with van der Waals surface area (Å²) in [6, 6.07) is 4.40. The van der Waals surface area contributed by atoms with Gasteiger partial charge in [0.15, 0.2) is 0 Å². The molecule has 1 heterocycles. The van der Waals surface area contributed by atoms with Crippen LogP contribution in [-0.4, -0.2) is 17.7 Å². The SMILES string of the molecule is Oc1ccc(C(F)(F)C2CCCCCN2)cc1. The van der Waals surface area contributed by atoms with Gasteiger partial charge in [0.05, 0.1) is 6.04 Å². The summed E-state index contributed by atoms with van der Waals surface area (Å²) in [5, 5.41) is 12.0. The molecule has 1 aliphatic rings. The highest BCUT2D eigenvalue weighted by Gasteiger charge is 2.41. The monoisotopic (exact) mass is 241 g/mol. The third kappa shape index (κ3) is 2.75. The maximum absolute atomic E-state index is 14.2. The lowest BCUT2D eigenvalue weighted by Crippen LogP contribution is -2.42. The number of hydrogen-bond acceptors (Lipinski definition) is 2. The second-order valence-electron chi connectivity index (χ2n) is 4.53. The number of benzene rings is 1. The maximum atomic E-state index is 14.2. The Labute approximate surface area is 99.7 Å². The Hall–Kier alpha value is -1.16. The Bertz CT molecular complexity index is 356. The maximum Gasteiger partial charge on any atom is 0.288 e. The van der Waals surface area contributed by atoms with Crippen molar-refractivity contribution >= 4 is 0 Å². The van der Waals surface area contributed by atoms with E-state index in [1.54, 1.807) is 0 Å². The summed E-state index contributed by atoms with van der Waals surface area (Å²) in [7, 11) is 0. The molecule has 2 nitrogen and oxygen atoms in total. The fourth-order valence-electron chi connectivity index (χ4n) is 2.22. The molecule has 4 heteroatoms. The largest absolute Gasteiger partial charge is 0.508 e. The first kappa shape index (κ1) is 12.3. The topological polar surface area (TPSA) is 32.3 Å². The second kappa shape index (κ2) is 5.00. The van der Waals surface area contributed by atoms with Gasteiger partial charge in [-0.1, -0.05) is 12.8 Å². The first-order valence-corrected chi connectivity index (χ1v) is 6.01. The van der Waals surface area contributed by atoms with Crippen LogP contribution in [0.5, 0.6) is 5.75 Å². The summed E-state index contributed by atoms with van der Waals surface area (Å²) in [4.78, 5) is 0. The summed E-state index contributed by atoms with van der Waals surface area (Å²) >= 11 is 0. The molecular formula is C13H17F2NO. The molecule has 1 aliphatic heterocycles. The van der Waals surface area contributed by atoms with Gasteiger partial charge in [-0.25, -0.2) is 0 Å². The smallest absolute Gasteiger partial charge is 0.288 e. The molecule has 2 N–H and O–H groups in total. The number of phenolic OH excluding ortho intramolecular Hbond substituents is 1. The lowest BCUT2D eigenvalue weighted by Gasteiger charge is -2.27. The number of phenols is 1. The minimum atomic E-state index is -2.88. The van der Waals surface area contributed by atoms with Crippen LogP contribution in [0.15, 0.2) is 24.3 Å². The zero-order valence-corrected chi connectivity index (χ0v) is 9.63. The van der Waals surface area contributed by atoms with Gasteiger partial charge < -0.3 is 10.4 Å². The number of halogens is 2. The van der Waals surface area contributed by atoms with Crippen molar-refractivity contribution in [3.63, 3.8) is 0 Å². The normalized spacial score (nSPS) is 22.1. The molecule has 0 saturated carbocycles. The van der Waals surface area contributed by atoms with Crippen LogP contribution in [-0.2, 0) is 5.92 Å². The van der Waals surface area contributed by atoms with Crippen LogP contribution >= 0.6 is 0 Å². The lowest BCUT2D eigenvalue weighted by atomic mass is 9.97. The van der Waals surface area contributed by atoms with Crippen molar-refractivity contribution in [3.05, 3.63) is 29.8 Å². The van der Waals surface area contributed by atoms with E-state index in [2.05, 4.69) is 5.32 Å². The highest BCUT2D eigenvalue weighted by atomic mass is 19.3. The Balaban J connectivity index is 2.18. The molecule has 1 atom stereocenters. The van der Waals surface area contributed by atoms with Crippen LogP contribution in [0, 0.1) is 0 Å². The number of rotatable bonds is 2. The van der Waals surface area contributed by atoms with Gasteiger partial charge in [-0.2, -0.15) is 8.78 Å². The third-order valence-electron chi connectivity index (χ3n) is 3.25. The van der Waals surface area contributed by atoms with Crippen LogP contribution in [0.25, 0.3) is 0 Å². The summed E-state index contributed by atoms with van der Waals surface area (Å²) < 4.78 is 28.4. The van der Waals surface area contributed by atoms with Crippen molar-refractivity contribution in [1.29, 1.82) is 0 Å². The molecule has 94 valence electrons. The summed E-state index contributed by atoms with van der Waals surface area (Å²) in [6.07, 6.45) is 3.30. The van der Waals surface area contributed by atoms with E-state index < -0.39 is 12.0 Å². The average molecular weight is 241 g/mol. The van der Waals surface area contributed by atoms with E-state index in [-0.39, 0.29) is 11.3 Å². The third-order valence-corrected chi connectivity index (χ3v) is 3.25. The van der Waals surface area contributed by atoms with E-state index in [0.717, 1.165) is 19.3 Å². The second-order valence-corrected chi connectivity index (χ2v) is 4.53. The molecule has 1 fully saturated rings. The van der Waals surface area contributed by atoms with Gasteiger partial charge in [0.2, 0.25) is 0 Å². The fourth-order valence-corrected chi connectivity index (χ4v) is 2.22. The standard InChI is InChI=1S/C13H17F2NO/c14-13(15,10-5-7-11(17)8-6-10)12-4-2-1-3-9-16-12/h5-8,12,16-17H,1-4,9H2. The highest BCUT2D eigenvalue weighted by molar-refractivity contribution is 5.29. The molecule has 0 aliphatic carbocycles. The molecule has 1 aromatic rings. The Kier molecular flexibility index (Phi) is 3.62. The Morgan fingerprint density at radius 2 is 1.82 bits per heavy atom. The molecule has 0 spiro atoms. The number of alkyl halides is 2. The van der Waals surface area contributed by atoms with Gasteiger partial charge in [-0.15, -0.1) is 0 Å². The van der Waals surface area contributed by atoms with E-state index in [1.165, 1.54) is 24.3 Å². The van der Waals surface area contributed by atoms with Crippen LogP contribution < -0.4 is 5.32 Å². The molecule has 0 amide bonds. The van der Waals surface area contributed by atoms with Crippen molar-refractivity contribution in [2.24, 2.45) is 0 Å². The zero-order valence-electron chi connectivity index (χ0n) is 9.63. The molecule has 1 saturated heterocycles. The van der Waals surface area contributed by atoms with Crippen molar-refractivity contribution in [2.75, 3.05) is 6.54 Å². The average Bonchev–Trinajstić information content (AvgIpc) is 2.58. The van der Waals surface area contributed by atoms with Crippen LogP contribution in [0.3, 0.4) is 0 Å². The minimum absolute atomic E-state index is 0.0124. The van der Waals surface area contributed by atoms with Gasteiger partial charge >= 0.3 is 0 Å². The Morgan fingerprint density at radius 1 is 1.12 bits per heavy atom. The molecule has 1 unspecified atom stereocenters. The summed E-state index contributed by atoms with van der Waals surface area (Å²) in [6.45, 7) is 0.651. The van der Waals surface area contributed by atoms with E-state index >= 15 is 0 Å². The first-order chi connectivity index (χ1) is 8.10. The quantitative estimate of drug-likeness (QED) is 0.834. The van der Waals surface area contributed by atoms with Crippen LogP contribution in [0.4, 0.5) is 8.78 Å². The summed E-state index contributed by atoms with van der Waals surface area (Å²) in [5.41, 5.74) is -0.0327. The van der Waals surface area contributed by atoms with Gasteiger partial charge in [0, 0.05) is 5.56 Å². The van der Waals surface area contributed by atoms with Gasteiger partial charge in [-0.05, 0) is 43.7 Å². The van der Waals surface area contributed by atoms with Gasteiger partial charge in [0.1, 0.15) is 5.75 Å². The van der Waals surface area contributed by atoms with Crippen LogP contribution in [0.2, 0.25) is 0 Å². The van der Waals surface area contributed by atoms with Crippen molar-refractivity contribution in [1.82, 2.24) is 5.32 Å². The van der Waals surface area contributed by atoms with E-state index in [0.29, 0.717) is 13.0 Å². The lowest BCUT2D eigenvalue weighted by molar-refractivity contribution is -0.0448. The molecule has 0 bridgehead atoms. The number of nitrogens with one attached hydrogen (secondary N) is 1. The molecule has 1 aromatic carbocycles. The molecule has 17 heavy (non-hydrogen) atoms. The van der Waals surface area contributed by atoms with Crippen molar-refractivity contribution in [3.8, 4) is 5.75 Å². The fraction of sp³-hybridized carbons (Fsp3) is 0.538. The van der Waals surface area contributed by atoms with E-state index in [9.17, 15) is 8.78 Å². The van der Waals surface area contributed by atoms with E-state index in [1.807, 2.05) is 0 Å². The predicted molar refractivity (Wildman–Crippen MR) is 62.3 cm³/mol. The van der Waals surface area contributed by atoms with Crippen molar-refractivity contribution < 1.29 is 13.9 Å². The zero-order chi connectivity index (χ0) is 12.3. The molecule has 0 aromatic heterocycles.